The lowest BCUT2D eigenvalue weighted by molar-refractivity contribution is 0.138. The minimum absolute atomic E-state index is 0.246. The van der Waals surface area contributed by atoms with E-state index in [1.54, 1.807) is 0 Å². The van der Waals surface area contributed by atoms with Crippen molar-refractivity contribution in [3.05, 3.63) is 64.8 Å². The molecule has 0 bridgehead atoms. The Morgan fingerprint density at radius 2 is 1.57 bits per heavy atom. The standard InChI is InChI=1S/C21H26BrN2O3P/c1-14(2)26-28(25,27-15(3)4)21(24-17-11-9-16(22)10-12-17)19-13-23-20-8-6-5-7-18(19)20/h5-15,21,23-24H,1-4H3/t21-/m0/s1. The molecule has 0 saturated heterocycles. The van der Waals surface area contributed by atoms with Crippen LogP contribution in [0.1, 0.15) is 39.0 Å². The van der Waals surface area contributed by atoms with E-state index in [1.165, 1.54) is 0 Å². The van der Waals surface area contributed by atoms with Gasteiger partial charge in [-0.25, -0.2) is 0 Å². The van der Waals surface area contributed by atoms with Gasteiger partial charge in [0.05, 0.1) is 12.2 Å². The van der Waals surface area contributed by atoms with E-state index < -0.39 is 13.4 Å². The Kier molecular flexibility index (Phi) is 6.66. The van der Waals surface area contributed by atoms with Crippen molar-refractivity contribution >= 4 is 40.1 Å². The van der Waals surface area contributed by atoms with Gasteiger partial charge in [0.25, 0.3) is 0 Å². The molecule has 0 aliphatic carbocycles. The number of hydrogen-bond donors (Lipinski definition) is 2. The molecule has 0 aliphatic rings. The van der Waals surface area contributed by atoms with E-state index in [4.69, 9.17) is 9.05 Å². The molecule has 0 unspecified atom stereocenters. The highest BCUT2D eigenvalue weighted by Gasteiger charge is 2.40. The normalized spacial score (nSPS) is 13.4. The van der Waals surface area contributed by atoms with Gasteiger partial charge in [-0.1, -0.05) is 34.1 Å². The summed E-state index contributed by atoms with van der Waals surface area (Å²) in [6.45, 7) is 7.45. The minimum atomic E-state index is -3.55. The van der Waals surface area contributed by atoms with Crippen LogP contribution in [0.5, 0.6) is 0 Å². The topological polar surface area (TPSA) is 63.4 Å². The fourth-order valence-electron chi connectivity index (χ4n) is 3.09. The number of nitrogens with one attached hydrogen (secondary N) is 2. The fourth-order valence-corrected chi connectivity index (χ4v) is 5.68. The number of H-pyrrole nitrogens is 1. The largest absolute Gasteiger partial charge is 0.368 e. The summed E-state index contributed by atoms with van der Waals surface area (Å²) in [5.74, 6) is -0.658. The van der Waals surface area contributed by atoms with Crippen LogP contribution < -0.4 is 5.32 Å². The predicted molar refractivity (Wildman–Crippen MR) is 119 cm³/mol. The molecule has 3 rings (SSSR count). The Bertz CT molecular complexity index is 955. The zero-order valence-corrected chi connectivity index (χ0v) is 19.0. The molecule has 0 saturated carbocycles. The van der Waals surface area contributed by atoms with Gasteiger partial charge in [-0.05, 0) is 58.0 Å². The summed E-state index contributed by atoms with van der Waals surface area (Å²) in [4.78, 5) is 3.26. The highest BCUT2D eigenvalue weighted by molar-refractivity contribution is 9.10. The maximum atomic E-state index is 14.0. The van der Waals surface area contributed by atoms with Crippen molar-refractivity contribution in [3.8, 4) is 0 Å². The zero-order valence-electron chi connectivity index (χ0n) is 16.5. The van der Waals surface area contributed by atoms with Crippen LogP contribution in [0.3, 0.4) is 0 Å². The number of aromatic amines is 1. The van der Waals surface area contributed by atoms with Crippen molar-refractivity contribution in [1.29, 1.82) is 0 Å². The molecule has 28 heavy (non-hydrogen) atoms. The van der Waals surface area contributed by atoms with E-state index in [2.05, 4.69) is 26.2 Å². The van der Waals surface area contributed by atoms with Gasteiger partial charge in [0.15, 0.2) is 5.78 Å². The molecule has 1 heterocycles. The molecule has 2 N–H and O–H groups in total. The zero-order chi connectivity index (χ0) is 20.3. The van der Waals surface area contributed by atoms with Gasteiger partial charge in [0.2, 0.25) is 0 Å². The Morgan fingerprint density at radius 1 is 0.964 bits per heavy atom. The molecule has 0 amide bonds. The first-order valence-electron chi connectivity index (χ1n) is 9.33. The molecule has 5 nitrogen and oxygen atoms in total. The van der Waals surface area contributed by atoms with Gasteiger partial charge < -0.3 is 19.3 Å². The van der Waals surface area contributed by atoms with Crippen LogP contribution >= 0.6 is 23.5 Å². The molecule has 0 aliphatic heterocycles. The molecule has 2 aromatic carbocycles. The van der Waals surface area contributed by atoms with Crippen LogP contribution in [0.2, 0.25) is 0 Å². The van der Waals surface area contributed by atoms with E-state index >= 15 is 0 Å². The second-order valence-corrected chi connectivity index (χ2v) is 10.1. The van der Waals surface area contributed by atoms with Crippen molar-refractivity contribution in [1.82, 2.24) is 4.98 Å². The molecular weight excluding hydrogens is 439 g/mol. The molecule has 0 spiro atoms. The van der Waals surface area contributed by atoms with E-state index in [0.717, 1.165) is 26.6 Å². The molecule has 3 aromatic rings. The summed E-state index contributed by atoms with van der Waals surface area (Å²) in [5, 5.41) is 4.38. The summed E-state index contributed by atoms with van der Waals surface area (Å²) >= 11 is 3.45. The van der Waals surface area contributed by atoms with Crippen LogP contribution in [0.25, 0.3) is 10.9 Å². The first kappa shape index (κ1) is 21.1. The van der Waals surface area contributed by atoms with Crippen molar-refractivity contribution in [3.63, 3.8) is 0 Å². The number of hydrogen-bond acceptors (Lipinski definition) is 4. The molecule has 7 heteroatoms. The summed E-state index contributed by atoms with van der Waals surface area (Å²) in [7, 11) is -3.55. The number of halogens is 1. The quantitative estimate of drug-likeness (QED) is 0.349. The van der Waals surface area contributed by atoms with Crippen molar-refractivity contribution < 1.29 is 13.6 Å². The van der Waals surface area contributed by atoms with Crippen LogP contribution in [-0.2, 0) is 13.6 Å². The maximum absolute atomic E-state index is 14.0. The first-order chi connectivity index (χ1) is 13.3. The lowest BCUT2D eigenvalue weighted by Crippen LogP contribution is -2.19. The SMILES string of the molecule is CC(C)OP(=O)(OC(C)C)[C@H](Nc1ccc(Br)cc1)c1c[nH]c2ccccc12. The van der Waals surface area contributed by atoms with Gasteiger partial charge in [-0.3, -0.25) is 4.57 Å². The Morgan fingerprint density at radius 3 is 2.18 bits per heavy atom. The average Bonchev–Trinajstić information content (AvgIpc) is 3.03. The Hall–Kier alpha value is -1.59. The van der Waals surface area contributed by atoms with E-state index in [1.807, 2.05) is 82.4 Å². The lowest BCUT2D eigenvalue weighted by atomic mass is 10.1. The number of para-hydroxylation sites is 1. The fraction of sp³-hybridized carbons (Fsp3) is 0.333. The Labute approximate surface area is 174 Å². The monoisotopic (exact) mass is 464 g/mol. The van der Waals surface area contributed by atoms with Crippen LogP contribution in [-0.4, -0.2) is 17.2 Å². The van der Waals surface area contributed by atoms with E-state index in [9.17, 15) is 4.57 Å². The van der Waals surface area contributed by atoms with Crippen molar-refractivity contribution in [2.24, 2.45) is 0 Å². The number of aromatic nitrogens is 1. The maximum Gasteiger partial charge on any atom is 0.357 e. The third-order valence-corrected chi connectivity index (χ3v) is 7.09. The van der Waals surface area contributed by atoms with Gasteiger partial charge in [-0.15, -0.1) is 0 Å². The molecule has 0 fully saturated rings. The number of benzene rings is 2. The van der Waals surface area contributed by atoms with Crippen LogP contribution in [0.15, 0.2) is 59.2 Å². The lowest BCUT2D eigenvalue weighted by Gasteiger charge is -2.31. The van der Waals surface area contributed by atoms with E-state index in [-0.39, 0.29) is 12.2 Å². The highest BCUT2D eigenvalue weighted by atomic mass is 79.9. The molecule has 1 atom stereocenters. The second-order valence-electron chi connectivity index (χ2n) is 7.19. The number of anilines is 1. The summed E-state index contributed by atoms with van der Waals surface area (Å²) in [6.07, 6.45) is 1.38. The van der Waals surface area contributed by atoms with Gasteiger partial charge in [0.1, 0.15) is 0 Å². The summed E-state index contributed by atoms with van der Waals surface area (Å²) < 4.78 is 26.8. The van der Waals surface area contributed by atoms with Crippen LogP contribution in [0.4, 0.5) is 5.69 Å². The van der Waals surface area contributed by atoms with Crippen molar-refractivity contribution in [2.75, 3.05) is 5.32 Å². The predicted octanol–water partition coefficient (Wildman–Crippen LogP) is 7.08. The number of rotatable bonds is 8. The molecular formula is C21H26BrN2O3P. The summed E-state index contributed by atoms with van der Waals surface area (Å²) in [6, 6.07) is 15.7. The number of fused-ring (bicyclic) bond motifs is 1. The molecule has 1 aromatic heterocycles. The van der Waals surface area contributed by atoms with Gasteiger partial charge >= 0.3 is 7.60 Å². The second kappa shape index (κ2) is 8.83. The van der Waals surface area contributed by atoms with Crippen molar-refractivity contribution in [2.45, 2.75) is 45.7 Å². The Balaban J connectivity index is 2.11. The smallest absolute Gasteiger partial charge is 0.357 e. The molecule has 0 radical (unpaired) electrons. The highest BCUT2D eigenvalue weighted by Crippen LogP contribution is 2.63. The first-order valence-corrected chi connectivity index (χ1v) is 11.7. The summed E-state index contributed by atoms with van der Waals surface area (Å²) in [5.41, 5.74) is 2.65. The minimum Gasteiger partial charge on any atom is -0.368 e. The van der Waals surface area contributed by atoms with Crippen LogP contribution in [0, 0.1) is 0 Å². The van der Waals surface area contributed by atoms with E-state index in [0.29, 0.717) is 0 Å². The van der Waals surface area contributed by atoms with Gasteiger partial charge in [-0.2, -0.15) is 0 Å². The average molecular weight is 465 g/mol. The van der Waals surface area contributed by atoms with Gasteiger partial charge in [0, 0.05) is 32.8 Å². The molecule has 150 valence electrons. The third-order valence-electron chi connectivity index (χ3n) is 4.10. The third kappa shape index (κ3) is 4.87.